The number of ketones is 1. The number of rotatable bonds is 18. The monoisotopic (exact) mass is 435 g/mol. The Morgan fingerprint density at radius 1 is 0.964 bits per heavy atom. The number of thioether (sulfide) groups is 1. The SMILES string of the molecule is CCCCCC(=O)C(=O)SCCC[Si](OCC)(OCC)OC(C)N(CC)CC. The molecule has 0 aromatic heterocycles. The van der Waals surface area contributed by atoms with Crippen molar-refractivity contribution < 1.29 is 22.9 Å². The molecule has 6 nitrogen and oxygen atoms in total. The first-order valence-corrected chi connectivity index (χ1v) is 13.7. The topological polar surface area (TPSA) is 65.1 Å². The van der Waals surface area contributed by atoms with Crippen LogP contribution in [0.5, 0.6) is 0 Å². The lowest BCUT2D eigenvalue weighted by Gasteiger charge is -2.35. The largest absolute Gasteiger partial charge is 0.502 e. The van der Waals surface area contributed by atoms with E-state index < -0.39 is 8.80 Å². The average Bonchev–Trinajstić information content (AvgIpc) is 2.66. The third-order valence-electron chi connectivity index (χ3n) is 4.50. The molecule has 0 bridgehead atoms. The Bertz CT molecular complexity index is 429. The van der Waals surface area contributed by atoms with Gasteiger partial charge in [-0.15, -0.1) is 0 Å². The number of carbonyl (C=O) groups excluding carboxylic acids is 2. The summed E-state index contributed by atoms with van der Waals surface area (Å²) in [5, 5.41) is -0.325. The van der Waals surface area contributed by atoms with Crippen molar-refractivity contribution in [2.45, 2.75) is 85.9 Å². The van der Waals surface area contributed by atoms with Crippen LogP contribution >= 0.6 is 11.8 Å². The van der Waals surface area contributed by atoms with E-state index in [0.717, 1.165) is 50.5 Å². The predicted octanol–water partition coefficient (Wildman–Crippen LogP) is 4.50. The van der Waals surface area contributed by atoms with Crippen molar-refractivity contribution in [3.63, 3.8) is 0 Å². The van der Waals surface area contributed by atoms with Crippen molar-refractivity contribution in [2.24, 2.45) is 0 Å². The molecular weight excluding hydrogens is 394 g/mol. The molecule has 1 unspecified atom stereocenters. The fourth-order valence-electron chi connectivity index (χ4n) is 3.00. The normalized spacial score (nSPS) is 13.1. The van der Waals surface area contributed by atoms with Crippen LogP contribution in [0, 0.1) is 0 Å². The maximum Gasteiger partial charge on any atom is 0.502 e. The molecule has 8 heteroatoms. The van der Waals surface area contributed by atoms with E-state index in [9.17, 15) is 9.59 Å². The molecule has 166 valence electrons. The van der Waals surface area contributed by atoms with Crippen LogP contribution in [0.3, 0.4) is 0 Å². The van der Waals surface area contributed by atoms with Gasteiger partial charge in [-0.1, -0.05) is 45.4 Å². The first kappa shape index (κ1) is 27.7. The van der Waals surface area contributed by atoms with Gasteiger partial charge >= 0.3 is 8.80 Å². The second-order valence-corrected chi connectivity index (χ2v) is 10.4. The second-order valence-electron chi connectivity index (χ2n) is 6.61. The van der Waals surface area contributed by atoms with Crippen LogP contribution in [0.25, 0.3) is 0 Å². The minimum atomic E-state index is -2.83. The van der Waals surface area contributed by atoms with Gasteiger partial charge in [0.05, 0.1) is 0 Å². The quantitative estimate of drug-likeness (QED) is 0.136. The molecule has 0 aromatic carbocycles. The molecule has 0 amide bonds. The molecule has 0 fully saturated rings. The zero-order valence-electron chi connectivity index (χ0n) is 18.8. The van der Waals surface area contributed by atoms with E-state index in [0.29, 0.717) is 31.4 Å². The number of hydrogen-bond acceptors (Lipinski definition) is 7. The number of hydrogen-bond donors (Lipinski definition) is 0. The number of unbranched alkanes of at least 4 members (excludes halogenated alkanes) is 2. The van der Waals surface area contributed by atoms with Gasteiger partial charge in [-0.2, -0.15) is 0 Å². The summed E-state index contributed by atoms with van der Waals surface area (Å²) in [7, 11) is -2.83. The molecule has 0 N–H and O–H groups in total. The lowest BCUT2D eigenvalue weighted by atomic mass is 10.1. The third kappa shape index (κ3) is 11.1. The van der Waals surface area contributed by atoms with Crippen LogP contribution in [0.1, 0.15) is 73.6 Å². The van der Waals surface area contributed by atoms with E-state index >= 15 is 0 Å². The van der Waals surface area contributed by atoms with Crippen molar-refractivity contribution in [2.75, 3.05) is 32.1 Å². The Balaban J connectivity index is 4.67. The van der Waals surface area contributed by atoms with E-state index in [1.54, 1.807) is 0 Å². The molecular formula is C20H41NO5SSi. The van der Waals surface area contributed by atoms with Crippen LogP contribution in [-0.4, -0.2) is 62.9 Å². The Morgan fingerprint density at radius 2 is 1.57 bits per heavy atom. The zero-order chi connectivity index (χ0) is 21.4. The maximum absolute atomic E-state index is 12.0. The van der Waals surface area contributed by atoms with Crippen LogP contribution in [0.4, 0.5) is 0 Å². The molecule has 0 aliphatic carbocycles. The summed E-state index contributed by atoms with van der Waals surface area (Å²) in [4.78, 5) is 26.1. The molecule has 28 heavy (non-hydrogen) atoms. The molecule has 0 spiro atoms. The lowest BCUT2D eigenvalue weighted by molar-refractivity contribution is -0.131. The van der Waals surface area contributed by atoms with Gasteiger partial charge in [0.25, 0.3) is 5.12 Å². The molecule has 0 heterocycles. The van der Waals surface area contributed by atoms with Gasteiger partial charge < -0.3 is 13.3 Å². The summed E-state index contributed by atoms with van der Waals surface area (Å²) < 4.78 is 18.4. The number of carbonyl (C=O) groups is 2. The Kier molecular flexibility index (Phi) is 16.4. The summed E-state index contributed by atoms with van der Waals surface area (Å²) >= 11 is 1.11. The minimum absolute atomic E-state index is 0.0887. The van der Waals surface area contributed by atoms with Gasteiger partial charge in [-0.05, 0) is 46.7 Å². The van der Waals surface area contributed by atoms with Gasteiger partial charge in [0.1, 0.15) is 6.23 Å². The van der Waals surface area contributed by atoms with Gasteiger partial charge in [0.15, 0.2) is 0 Å². The van der Waals surface area contributed by atoms with E-state index in [4.69, 9.17) is 13.3 Å². The zero-order valence-corrected chi connectivity index (χ0v) is 20.6. The molecule has 0 saturated heterocycles. The molecule has 1 atom stereocenters. The molecule has 0 radical (unpaired) electrons. The Labute approximate surface area is 177 Å². The van der Waals surface area contributed by atoms with Crippen LogP contribution in [-0.2, 0) is 22.9 Å². The highest BCUT2D eigenvalue weighted by Crippen LogP contribution is 2.23. The molecule has 0 aromatic rings. The highest BCUT2D eigenvalue weighted by atomic mass is 32.2. The predicted molar refractivity (Wildman–Crippen MR) is 119 cm³/mol. The van der Waals surface area contributed by atoms with Crippen molar-refractivity contribution in [1.29, 1.82) is 0 Å². The first-order valence-electron chi connectivity index (χ1n) is 10.8. The van der Waals surface area contributed by atoms with Gasteiger partial charge in [-0.3, -0.25) is 14.5 Å². The van der Waals surface area contributed by atoms with Crippen molar-refractivity contribution in [3.05, 3.63) is 0 Å². The van der Waals surface area contributed by atoms with Crippen LogP contribution < -0.4 is 0 Å². The summed E-state index contributed by atoms with van der Waals surface area (Å²) in [6.07, 6.45) is 3.82. The van der Waals surface area contributed by atoms with Crippen molar-refractivity contribution in [3.8, 4) is 0 Å². The van der Waals surface area contributed by atoms with Crippen LogP contribution in [0.15, 0.2) is 0 Å². The van der Waals surface area contributed by atoms with Crippen molar-refractivity contribution >= 4 is 31.5 Å². The molecule has 0 aliphatic heterocycles. The van der Waals surface area contributed by atoms with Gasteiger partial charge in [-0.25, -0.2) is 0 Å². The molecule has 0 aliphatic rings. The fourth-order valence-corrected chi connectivity index (χ4v) is 6.77. The minimum Gasteiger partial charge on any atom is -0.374 e. The smallest absolute Gasteiger partial charge is 0.374 e. The van der Waals surface area contributed by atoms with E-state index in [2.05, 4.69) is 25.7 Å². The van der Waals surface area contributed by atoms with E-state index in [1.165, 1.54) is 0 Å². The number of Topliss-reactive ketones (excluding diaryl/α,β-unsaturated/α-hetero) is 1. The summed E-state index contributed by atoms with van der Waals surface area (Å²) in [5.41, 5.74) is 0. The summed E-state index contributed by atoms with van der Waals surface area (Å²) in [6, 6.07) is 0.643. The molecule has 0 saturated carbocycles. The highest BCUT2D eigenvalue weighted by Gasteiger charge is 2.42. The second kappa shape index (κ2) is 16.5. The molecule has 0 rings (SSSR count). The third-order valence-corrected chi connectivity index (χ3v) is 8.61. The van der Waals surface area contributed by atoms with Crippen LogP contribution in [0.2, 0.25) is 6.04 Å². The van der Waals surface area contributed by atoms with Crippen molar-refractivity contribution in [1.82, 2.24) is 4.90 Å². The Hall–Kier alpha value is -0.253. The summed E-state index contributed by atoms with van der Waals surface area (Å²) in [5.74, 6) is 0.318. The van der Waals surface area contributed by atoms with Gasteiger partial charge in [0, 0.05) is 31.4 Å². The number of nitrogens with zero attached hydrogens (tertiary/aromatic N) is 1. The van der Waals surface area contributed by atoms with Gasteiger partial charge in [0.2, 0.25) is 5.78 Å². The maximum atomic E-state index is 12.0. The van der Waals surface area contributed by atoms with E-state index in [1.807, 2.05) is 20.8 Å². The average molecular weight is 436 g/mol. The summed E-state index contributed by atoms with van der Waals surface area (Å²) in [6.45, 7) is 15.0. The fraction of sp³-hybridized carbons (Fsp3) is 0.900. The first-order chi connectivity index (χ1) is 13.4. The van der Waals surface area contributed by atoms with E-state index in [-0.39, 0.29) is 17.1 Å². The lowest BCUT2D eigenvalue weighted by Crippen LogP contribution is -2.51. The standard InChI is InChI=1S/C20H41NO5SSi/c1-7-12-13-15-19(22)20(23)27-16-14-17-28(24-10-4,25-11-5)26-18(6)21(8-2)9-3/h18H,7-17H2,1-6H3. The highest BCUT2D eigenvalue weighted by molar-refractivity contribution is 8.15. The Morgan fingerprint density at radius 3 is 2.07 bits per heavy atom.